The number of rotatable bonds is 4. The van der Waals surface area contributed by atoms with Crippen molar-refractivity contribution >= 4 is 5.78 Å². The third-order valence-electron chi connectivity index (χ3n) is 4.82. The molecule has 0 spiro atoms. The molecule has 2 atom stereocenters. The van der Waals surface area contributed by atoms with Gasteiger partial charge < -0.3 is 4.52 Å². The van der Waals surface area contributed by atoms with Gasteiger partial charge in [-0.15, -0.1) is 0 Å². The van der Waals surface area contributed by atoms with E-state index in [9.17, 15) is 4.79 Å². The topological polar surface area (TPSA) is 59.2 Å². The van der Waals surface area contributed by atoms with Crippen molar-refractivity contribution < 1.29 is 9.32 Å². The molecule has 1 aromatic rings. The summed E-state index contributed by atoms with van der Waals surface area (Å²) < 4.78 is 5.36. The Hall–Kier alpha value is -1.23. The van der Waals surface area contributed by atoms with Gasteiger partial charge in [0.15, 0.2) is 5.82 Å². The molecule has 0 amide bonds. The van der Waals surface area contributed by atoms with E-state index in [2.05, 4.69) is 28.9 Å². The van der Waals surface area contributed by atoms with Crippen molar-refractivity contribution in [1.29, 1.82) is 0 Å². The molecule has 1 aliphatic heterocycles. The number of nitrogens with zero attached hydrogens (tertiary/aromatic N) is 3. The van der Waals surface area contributed by atoms with Gasteiger partial charge in [0.05, 0.1) is 6.54 Å². The maximum absolute atomic E-state index is 12.2. The van der Waals surface area contributed by atoms with Crippen LogP contribution >= 0.6 is 0 Å². The van der Waals surface area contributed by atoms with E-state index < -0.39 is 0 Å². The Kier molecular flexibility index (Phi) is 4.38. The van der Waals surface area contributed by atoms with Gasteiger partial charge in [-0.2, -0.15) is 4.98 Å². The molecule has 2 heterocycles. The number of carbonyl (C=O) groups is 1. The normalized spacial score (nSPS) is 27.7. The maximum Gasteiger partial charge on any atom is 0.240 e. The zero-order chi connectivity index (χ0) is 14.8. The van der Waals surface area contributed by atoms with Crippen LogP contribution in [0.3, 0.4) is 0 Å². The second-order valence-corrected chi connectivity index (χ2v) is 6.70. The molecule has 1 aliphatic carbocycles. The largest absolute Gasteiger partial charge is 0.338 e. The van der Waals surface area contributed by atoms with E-state index in [1.807, 2.05) is 0 Å². The number of likely N-dealkylation sites (tertiary alicyclic amines) is 1. The molecule has 0 N–H and O–H groups in total. The maximum atomic E-state index is 12.2. The molecule has 5 heteroatoms. The van der Waals surface area contributed by atoms with Gasteiger partial charge in [0.1, 0.15) is 5.78 Å². The highest BCUT2D eigenvalue weighted by molar-refractivity contribution is 5.82. The molecule has 21 heavy (non-hydrogen) atoms. The summed E-state index contributed by atoms with van der Waals surface area (Å²) in [7, 11) is 0. The quantitative estimate of drug-likeness (QED) is 0.853. The van der Waals surface area contributed by atoms with Gasteiger partial charge in [-0.1, -0.05) is 25.4 Å². The Balaban J connectivity index is 1.67. The summed E-state index contributed by atoms with van der Waals surface area (Å²) in [6.45, 7) is 5.85. The summed E-state index contributed by atoms with van der Waals surface area (Å²) >= 11 is 0. The van der Waals surface area contributed by atoms with Crippen LogP contribution in [0.2, 0.25) is 0 Å². The van der Waals surface area contributed by atoms with Gasteiger partial charge in [-0.3, -0.25) is 9.69 Å². The fourth-order valence-electron chi connectivity index (χ4n) is 3.66. The lowest BCUT2D eigenvalue weighted by molar-refractivity contribution is -0.126. The first-order valence-electron chi connectivity index (χ1n) is 8.24. The van der Waals surface area contributed by atoms with Crippen molar-refractivity contribution in [2.24, 2.45) is 5.92 Å². The molecule has 1 saturated heterocycles. The molecule has 1 saturated carbocycles. The van der Waals surface area contributed by atoms with Crippen LogP contribution in [0.5, 0.6) is 0 Å². The molecule has 2 fully saturated rings. The van der Waals surface area contributed by atoms with E-state index >= 15 is 0 Å². The standard InChI is InChI=1S/C16H25N3O2/c1-11(2)16-17-15(21-18-16)10-19-9-5-7-13(19)12-6-3-4-8-14(12)20/h11-13H,3-10H2,1-2H3. The second kappa shape index (κ2) is 6.26. The third-order valence-corrected chi connectivity index (χ3v) is 4.82. The predicted octanol–water partition coefficient (Wildman–Crippen LogP) is 2.92. The predicted molar refractivity (Wildman–Crippen MR) is 78.8 cm³/mol. The molecule has 0 radical (unpaired) electrons. The molecule has 5 nitrogen and oxygen atoms in total. The van der Waals surface area contributed by atoms with Crippen LogP contribution in [0.15, 0.2) is 4.52 Å². The van der Waals surface area contributed by atoms with Crippen LogP contribution in [0, 0.1) is 5.92 Å². The highest BCUT2D eigenvalue weighted by Crippen LogP contribution is 2.33. The lowest BCUT2D eigenvalue weighted by Crippen LogP contribution is -2.40. The van der Waals surface area contributed by atoms with Crippen molar-refractivity contribution in [3.8, 4) is 0 Å². The van der Waals surface area contributed by atoms with Crippen LogP contribution in [-0.2, 0) is 11.3 Å². The van der Waals surface area contributed by atoms with Crippen LogP contribution in [-0.4, -0.2) is 33.4 Å². The molecule has 2 unspecified atom stereocenters. The van der Waals surface area contributed by atoms with Gasteiger partial charge in [-0.05, 0) is 32.2 Å². The third kappa shape index (κ3) is 3.18. The Labute approximate surface area is 126 Å². The van der Waals surface area contributed by atoms with E-state index in [-0.39, 0.29) is 11.8 Å². The summed E-state index contributed by atoms with van der Waals surface area (Å²) in [6, 6.07) is 0.382. The lowest BCUT2D eigenvalue weighted by Gasteiger charge is -2.32. The summed E-state index contributed by atoms with van der Waals surface area (Å²) in [6.07, 6.45) is 6.39. The molecule has 3 rings (SSSR count). The van der Waals surface area contributed by atoms with E-state index in [1.165, 1.54) is 12.8 Å². The Bertz CT molecular complexity index is 497. The van der Waals surface area contributed by atoms with Crippen LogP contribution < -0.4 is 0 Å². The minimum atomic E-state index is 0.230. The molecular formula is C16H25N3O2. The smallest absolute Gasteiger partial charge is 0.240 e. The number of Topliss-reactive ketones (excluding diaryl/α,β-unsaturated/α-hetero) is 1. The first kappa shape index (κ1) is 14.7. The van der Waals surface area contributed by atoms with Gasteiger partial charge in [0, 0.05) is 24.3 Å². The van der Waals surface area contributed by atoms with Crippen LogP contribution in [0.4, 0.5) is 0 Å². The summed E-state index contributed by atoms with van der Waals surface area (Å²) in [5, 5.41) is 4.03. The SMILES string of the molecule is CC(C)c1noc(CN2CCCC2C2CCCCC2=O)n1. The van der Waals surface area contributed by atoms with Gasteiger partial charge in [0.25, 0.3) is 0 Å². The van der Waals surface area contributed by atoms with E-state index in [1.54, 1.807) is 0 Å². The van der Waals surface area contributed by atoms with Crippen molar-refractivity contribution in [3.63, 3.8) is 0 Å². The van der Waals surface area contributed by atoms with E-state index in [0.29, 0.717) is 24.3 Å². The van der Waals surface area contributed by atoms with Gasteiger partial charge in [0.2, 0.25) is 5.89 Å². The number of aromatic nitrogens is 2. The summed E-state index contributed by atoms with van der Waals surface area (Å²) in [5.41, 5.74) is 0. The molecule has 2 aliphatic rings. The number of hydrogen-bond acceptors (Lipinski definition) is 5. The Morgan fingerprint density at radius 2 is 2.14 bits per heavy atom. The van der Waals surface area contributed by atoms with Crippen LogP contribution in [0.25, 0.3) is 0 Å². The lowest BCUT2D eigenvalue weighted by atomic mass is 9.82. The molecule has 1 aromatic heterocycles. The molecule has 116 valence electrons. The summed E-state index contributed by atoms with van der Waals surface area (Å²) in [4.78, 5) is 19.0. The highest BCUT2D eigenvalue weighted by atomic mass is 16.5. The second-order valence-electron chi connectivity index (χ2n) is 6.70. The van der Waals surface area contributed by atoms with Crippen molar-refractivity contribution in [2.45, 2.75) is 70.9 Å². The van der Waals surface area contributed by atoms with Gasteiger partial charge in [-0.25, -0.2) is 0 Å². The van der Waals surface area contributed by atoms with Crippen LogP contribution in [0.1, 0.15) is 70.0 Å². The van der Waals surface area contributed by atoms with Crippen molar-refractivity contribution in [3.05, 3.63) is 11.7 Å². The minimum Gasteiger partial charge on any atom is -0.338 e. The average molecular weight is 291 g/mol. The zero-order valence-electron chi connectivity index (χ0n) is 13.0. The highest BCUT2D eigenvalue weighted by Gasteiger charge is 2.37. The van der Waals surface area contributed by atoms with Crippen molar-refractivity contribution in [2.75, 3.05) is 6.54 Å². The number of hydrogen-bond donors (Lipinski definition) is 0. The number of carbonyl (C=O) groups excluding carboxylic acids is 1. The minimum absolute atomic E-state index is 0.230. The fourth-order valence-corrected chi connectivity index (χ4v) is 3.66. The monoisotopic (exact) mass is 291 g/mol. The first-order chi connectivity index (χ1) is 10.1. The van der Waals surface area contributed by atoms with Crippen molar-refractivity contribution in [1.82, 2.24) is 15.0 Å². The average Bonchev–Trinajstić information content (AvgIpc) is 3.09. The molecule has 0 bridgehead atoms. The zero-order valence-corrected chi connectivity index (χ0v) is 13.0. The first-order valence-corrected chi connectivity index (χ1v) is 8.24. The number of ketones is 1. The van der Waals surface area contributed by atoms with Gasteiger partial charge >= 0.3 is 0 Å². The van der Waals surface area contributed by atoms with E-state index in [4.69, 9.17) is 4.52 Å². The van der Waals surface area contributed by atoms with E-state index in [0.717, 1.165) is 38.1 Å². The summed E-state index contributed by atoms with van der Waals surface area (Å²) in [5.74, 6) is 2.44. The fraction of sp³-hybridized carbons (Fsp3) is 0.812. The molecular weight excluding hydrogens is 266 g/mol. The Morgan fingerprint density at radius 3 is 2.86 bits per heavy atom. The Morgan fingerprint density at radius 1 is 1.29 bits per heavy atom. The molecule has 0 aromatic carbocycles.